The van der Waals surface area contributed by atoms with Crippen LogP contribution in [0.2, 0.25) is 0 Å². The van der Waals surface area contributed by atoms with Crippen molar-refractivity contribution in [3.63, 3.8) is 0 Å². The molecule has 0 amide bonds. The van der Waals surface area contributed by atoms with Gasteiger partial charge < -0.3 is 4.42 Å². The van der Waals surface area contributed by atoms with Crippen molar-refractivity contribution >= 4 is 11.0 Å². The van der Waals surface area contributed by atoms with Crippen molar-refractivity contribution in [2.24, 2.45) is 0 Å². The Kier molecular flexibility index (Phi) is 1.77. The summed E-state index contributed by atoms with van der Waals surface area (Å²) in [5.74, 6) is 0. The van der Waals surface area contributed by atoms with Crippen molar-refractivity contribution in [1.82, 2.24) is 10.2 Å². The first-order valence-electron chi connectivity index (χ1n) is 4.80. The Morgan fingerprint density at radius 3 is 3.00 bits per heavy atom. The molecule has 1 N–H and O–H groups in total. The molecule has 4 heteroatoms. The molecule has 0 atom stereocenters. The summed E-state index contributed by atoms with van der Waals surface area (Å²) >= 11 is 0. The molecule has 76 valence electrons. The van der Waals surface area contributed by atoms with E-state index in [-0.39, 0.29) is 0 Å². The van der Waals surface area contributed by atoms with E-state index >= 15 is 0 Å². The molecule has 0 saturated carbocycles. The van der Waals surface area contributed by atoms with E-state index in [1.54, 1.807) is 12.3 Å². The van der Waals surface area contributed by atoms with Crippen LogP contribution in [0.4, 0.5) is 0 Å². The standard InChI is InChI=1S/C12H7N3O/c13-6-8-5-11(15-14-8)10-7-16-12-4-2-1-3-9(10)12/h1-5,7H,(H,14,15). The highest BCUT2D eigenvalue weighted by Crippen LogP contribution is 2.29. The van der Waals surface area contributed by atoms with E-state index in [0.717, 1.165) is 22.2 Å². The summed E-state index contributed by atoms with van der Waals surface area (Å²) in [6.45, 7) is 0. The summed E-state index contributed by atoms with van der Waals surface area (Å²) in [6.07, 6.45) is 1.67. The molecule has 0 aliphatic rings. The van der Waals surface area contributed by atoms with Gasteiger partial charge >= 0.3 is 0 Å². The van der Waals surface area contributed by atoms with E-state index < -0.39 is 0 Å². The summed E-state index contributed by atoms with van der Waals surface area (Å²) in [7, 11) is 0. The molecule has 0 unspecified atom stereocenters. The number of H-pyrrole nitrogens is 1. The minimum absolute atomic E-state index is 0.375. The molecular formula is C12H7N3O. The van der Waals surface area contributed by atoms with Gasteiger partial charge in [0.05, 0.1) is 5.69 Å². The monoisotopic (exact) mass is 209 g/mol. The lowest BCUT2D eigenvalue weighted by Gasteiger charge is -1.91. The molecule has 0 spiro atoms. The summed E-state index contributed by atoms with van der Waals surface area (Å²) in [5.41, 5.74) is 2.91. The van der Waals surface area contributed by atoms with Gasteiger partial charge in [-0.05, 0) is 6.07 Å². The number of hydrogen-bond acceptors (Lipinski definition) is 3. The first-order chi connectivity index (χ1) is 7.88. The number of hydrogen-bond donors (Lipinski definition) is 1. The predicted molar refractivity (Wildman–Crippen MR) is 58.5 cm³/mol. The second kappa shape index (κ2) is 3.24. The molecule has 3 rings (SSSR count). The van der Waals surface area contributed by atoms with Gasteiger partial charge in [-0.25, -0.2) is 0 Å². The van der Waals surface area contributed by atoms with Crippen LogP contribution < -0.4 is 0 Å². The van der Waals surface area contributed by atoms with Crippen molar-refractivity contribution in [2.45, 2.75) is 0 Å². The second-order valence-electron chi connectivity index (χ2n) is 3.42. The van der Waals surface area contributed by atoms with Gasteiger partial charge in [0.1, 0.15) is 17.9 Å². The zero-order valence-electron chi connectivity index (χ0n) is 8.27. The topological polar surface area (TPSA) is 65.6 Å². The molecule has 1 aromatic carbocycles. The van der Waals surface area contributed by atoms with Gasteiger partial charge in [0, 0.05) is 17.0 Å². The highest BCUT2D eigenvalue weighted by Gasteiger charge is 2.09. The van der Waals surface area contributed by atoms with Gasteiger partial charge in [-0.1, -0.05) is 18.2 Å². The molecule has 3 aromatic rings. The fraction of sp³-hybridized carbons (Fsp3) is 0. The maximum Gasteiger partial charge on any atom is 0.162 e. The van der Waals surface area contributed by atoms with Crippen LogP contribution >= 0.6 is 0 Å². The van der Waals surface area contributed by atoms with Crippen LogP contribution in [0.1, 0.15) is 5.69 Å². The number of furan rings is 1. The normalized spacial score (nSPS) is 10.4. The molecule has 0 saturated heterocycles. The van der Waals surface area contributed by atoms with Crippen molar-refractivity contribution in [3.05, 3.63) is 42.3 Å². The lowest BCUT2D eigenvalue weighted by Crippen LogP contribution is -1.74. The molecule has 0 aliphatic heterocycles. The maximum absolute atomic E-state index is 8.71. The molecule has 2 heterocycles. The van der Waals surface area contributed by atoms with E-state index in [1.807, 2.05) is 30.3 Å². The van der Waals surface area contributed by atoms with Gasteiger partial charge in [0.25, 0.3) is 0 Å². The van der Waals surface area contributed by atoms with Crippen LogP contribution in [0, 0.1) is 11.3 Å². The Morgan fingerprint density at radius 2 is 2.19 bits per heavy atom. The van der Waals surface area contributed by atoms with Gasteiger partial charge in [0.2, 0.25) is 0 Å². The van der Waals surface area contributed by atoms with Crippen LogP contribution in [0.15, 0.2) is 41.0 Å². The number of fused-ring (bicyclic) bond motifs is 1. The van der Waals surface area contributed by atoms with Crippen LogP contribution in [0.5, 0.6) is 0 Å². The first-order valence-corrected chi connectivity index (χ1v) is 4.80. The number of rotatable bonds is 1. The number of para-hydroxylation sites is 1. The zero-order valence-corrected chi connectivity index (χ0v) is 8.27. The third-order valence-corrected chi connectivity index (χ3v) is 2.46. The predicted octanol–water partition coefficient (Wildman–Crippen LogP) is 2.69. The lowest BCUT2D eigenvalue weighted by molar-refractivity contribution is 0.617. The highest BCUT2D eigenvalue weighted by molar-refractivity contribution is 5.92. The van der Waals surface area contributed by atoms with E-state index in [0.29, 0.717) is 5.69 Å². The Labute approximate surface area is 91.1 Å². The third kappa shape index (κ3) is 1.19. The van der Waals surface area contributed by atoms with Crippen LogP contribution in [-0.4, -0.2) is 10.2 Å². The molecule has 0 bridgehead atoms. The Balaban J connectivity index is 2.23. The van der Waals surface area contributed by atoms with Gasteiger partial charge in [0.15, 0.2) is 5.69 Å². The molecule has 0 aliphatic carbocycles. The van der Waals surface area contributed by atoms with Gasteiger partial charge in [-0.15, -0.1) is 0 Å². The number of nitriles is 1. The highest BCUT2D eigenvalue weighted by atomic mass is 16.3. The maximum atomic E-state index is 8.71. The number of nitrogens with zero attached hydrogens (tertiary/aromatic N) is 2. The first kappa shape index (κ1) is 8.74. The van der Waals surface area contributed by atoms with Crippen molar-refractivity contribution in [3.8, 4) is 17.3 Å². The zero-order chi connectivity index (χ0) is 11.0. The van der Waals surface area contributed by atoms with Crippen LogP contribution in [0.25, 0.3) is 22.2 Å². The minimum Gasteiger partial charge on any atom is -0.464 e. The Bertz CT molecular complexity index is 687. The van der Waals surface area contributed by atoms with Crippen molar-refractivity contribution in [1.29, 1.82) is 5.26 Å². The molecule has 4 nitrogen and oxygen atoms in total. The van der Waals surface area contributed by atoms with Crippen LogP contribution in [-0.2, 0) is 0 Å². The average Bonchev–Trinajstić information content (AvgIpc) is 2.94. The Hall–Kier alpha value is -2.54. The summed E-state index contributed by atoms with van der Waals surface area (Å²) < 4.78 is 5.42. The molecule has 16 heavy (non-hydrogen) atoms. The summed E-state index contributed by atoms with van der Waals surface area (Å²) in [4.78, 5) is 0. The van der Waals surface area contributed by atoms with Crippen LogP contribution in [0.3, 0.4) is 0 Å². The van der Waals surface area contributed by atoms with E-state index in [4.69, 9.17) is 9.68 Å². The van der Waals surface area contributed by atoms with E-state index in [1.165, 1.54) is 0 Å². The lowest BCUT2D eigenvalue weighted by atomic mass is 10.1. The number of aromatic amines is 1. The summed E-state index contributed by atoms with van der Waals surface area (Å²) in [6, 6.07) is 11.4. The molecule has 2 aromatic heterocycles. The number of aromatic nitrogens is 2. The second-order valence-corrected chi connectivity index (χ2v) is 3.42. The number of benzene rings is 1. The third-order valence-electron chi connectivity index (χ3n) is 2.46. The Morgan fingerprint density at radius 1 is 1.31 bits per heavy atom. The molecule has 0 radical (unpaired) electrons. The largest absolute Gasteiger partial charge is 0.464 e. The number of nitrogens with one attached hydrogen (secondary N) is 1. The fourth-order valence-electron chi connectivity index (χ4n) is 1.70. The smallest absolute Gasteiger partial charge is 0.162 e. The minimum atomic E-state index is 0.375. The molecular weight excluding hydrogens is 202 g/mol. The van der Waals surface area contributed by atoms with Gasteiger partial charge in [-0.2, -0.15) is 10.4 Å². The van der Waals surface area contributed by atoms with Gasteiger partial charge in [-0.3, -0.25) is 5.10 Å². The SMILES string of the molecule is N#Cc1cc(-c2coc3ccccc23)[nH]n1. The van der Waals surface area contributed by atoms with E-state index in [9.17, 15) is 0 Å². The quantitative estimate of drug-likeness (QED) is 0.670. The fourth-order valence-corrected chi connectivity index (χ4v) is 1.70. The average molecular weight is 209 g/mol. The van der Waals surface area contributed by atoms with E-state index in [2.05, 4.69) is 10.2 Å². The summed E-state index contributed by atoms with van der Waals surface area (Å²) in [5, 5.41) is 16.4. The molecule has 0 fully saturated rings. The van der Waals surface area contributed by atoms with Crippen molar-refractivity contribution < 1.29 is 4.42 Å². The van der Waals surface area contributed by atoms with Crippen molar-refractivity contribution in [2.75, 3.05) is 0 Å².